The average Bonchev–Trinajstić information content (AvgIpc) is 2.66. The maximum absolute atomic E-state index is 6.03. The van der Waals surface area contributed by atoms with Gasteiger partial charge in [0.05, 0.1) is 13.2 Å². The van der Waals surface area contributed by atoms with Crippen molar-refractivity contribution in [2.24, 2.45) is 0 Å². The summed E-state index contributed by atoms with van der Waals surface area (Å²) in [7, 11) is 0. The first kappa shape index (κ1) is 17.0. The Morgan fingerprint density at radius 1 is 0.958 bits per heavy atom. The van der Waals surface area contributed by atoms with Crippen LogP contribution in [-0.2, 0) is 17.9 Å². The summed E-state index contributed by atoms with van der Waals surface area (Å²) in [6.45, 7) is 8.04. The predicted octanol–water partition coefficient (Wildman–Crippen LogP) is 0.244. The van der Waals surface area contributed by atoms with Gasteiger partial charge in [0.1, 0.15) is 45.1 Å². The van der Waals surface area contributed by atoms with E-state index in [-0.39, 0.29) is 0 Å². The van der Waals surface area contributed by atoms with Crippen LogP contribution in [-0.4, -0.2) is 39.4 Å². The second-order valence-electron chi connectivity index (χ2n) is 6.28. The number of quaternary nitrogens is 2. The van der Waals surface area contributed by atoms with Gasteiger partial charge in [-0.15, -0.1) is 0 Å². The van der Waals surface area contributed by atoms with Crippen molar-refractivity contribution in [1.82, 2.24) is 0 Å². The summed E-state index contributed by atoms with van der Waals surface area (Å²) in [5.74, 6) is 0.997. The first-order valence-corrected chi connectivity index (χ1v) is 8.89. The number of ether oxygens (including phenoxy) is 2. The molecule has 1 aliphatic heterocycles. The van der Waals surface area contributed by atoms with Crippen LogP contribution in [0.5, 0.6) is 5.75 Å². The van der Waals surface area contributed by atoms with Gasteiger partial charge in [-0.2, -0.15) is 0 Å². The van der Waals surface area contributed by atoms with Crippen molar-refractivity contribution in [2.45, 2.75) is 13.2 Å². The normalized spacial score (nSPS) is 15.3. The SMILES string of the molecule is c1ccc(COc2ccccc2C[NH2+]CC[NH+]2CCOCC2)cc1. The molecule has 4 heteroatoms. The lowest BCUT2D eigenvalue weighted by atomic mass is 10.2. The Bertz CT molecular complexity index is 598. The molecule has 3 rings (SSSR count). The lowest BCUT2D eigenvalue weighted by Crippen LogP contribution is -3.16. The summed E-state index contributed by atoms with van der Waals surface area (Å²) in [6.07, 6.45) is 0. The van der Waals surface area contributed by atoms with Crippen molar-refractivity contribution < 1.29 is 19.7 Å². The Balaban J connectivity index is 1.45. The van der Waals surface area contributed by atoms with Gasteiger partial charge in [-0.25, -0.2) is 0 Å². The van der Waals surface area contributed by atoms with E-state index in [1.165, 1.54) is 17.7 Å². The van der Waals surface area contributed by atoms with Gasteiger partial charge in [0.2, 0.25) is 0 Å². The summed E-state index contributed by atoms with van der Waals surface area (Å²) in [4.78, 5) is 1.66. The molecule has 2 aromatic rings. The topological polar surface area (TPSA) is 39.5 Å². The Morgan fingerprint density at radius 3 is 2.54 bits per heavy atom. The third-order valence-corrected chi connectivity index (χ3v) is 4.48. The molecule has 0 saturated carbocycles. The third-order valence-electron chi connectivity index (χ3n) is 4.48. The highest BCUT2D eigenvalue weighted by atomic mass is 16.5. The van der Waals surface area contributed by atoms with Crippen molar-refractivity contribution in [1.29, 1.82) is 0 Å². The summed E-state index contributed by atoms with van der Waals surface area (Å²) in [5, 5.41) is 2.38. The number of para-hydroxylation sites is 1. The maximum Gasteiger partial charge on any atom is 0.128 e. The molecular weight excluding hydrogens is 300 g/mol. The van der Waals surface area contributed by atoms with Crippen molar-refractivity contribution in [3.63, 3.8) is 0 Å². The van der Waals surface area contributed by atoms with E-state index in [0.717, 1.165) is 45.1 Å². The molecule has 0 radical (unpaired) electrons. The van der Waals surface area contributed by atoms with Crippen LogP contribution in [0.2, 0.25) is 0 Å². The molecule has 24 heavy (non-hydrogen) atoms. The zero-order valence-electron chi connectivity index (χ0n) is 14.2. The molecule has 0 aromatic heterocycles. The molecule has 0 amide bonds. The minimum absolute atomic E-state index is 0.621. The van der Waals surface area contributed by atoms with Crippen LogP contribution in [0.25, 0.3) is 0 Å². The highest BCUT2D eigenvalue weighted by Crippen LogP contribution is 2.18. The summed E-state index contributed by atoms with van der Waals surface area (Å²) in [5.41, 5.74) is 2.47. The number of hydrogen-bond donors (Lipinski definition) is 2. The van der Waals surface area contributed by atoms with Crippen LogP contribution in [0, 0.1) is 0 Å². The number of nitrogens with two attached hydrogens (primary N) is 1. The number of benzene rings is 2. The smallest absolute Gasteiger partial charge is 0.128 e. The number of hydrogen-bond acceptors (Lipinski definition) is 2. The molecule has 1 fully saturated rings. The van der Waals surface area contributed by atoms with E-state index >= 15 is 0 Å². The molecule has 2 aromatic carbocycles. The van der Waals surface area contributed by atoms with Gasteiger partial charge in [-0.1, -0.05) is 42.5 Å². The fourth-order valence-corrected chi connectivity index (χ4v) is 3.02. The Labute approximate surface area is 144 Å². The Morgan fingerprint density at radius 2 is 1.71 bits per heavy atom. The van der Waals surface area contributed by atoms with E-state index in [2.05, 4.69) is 35.6 Å². The lowest BCUT2D eigenvalue weighted by Gasteiger charge is -2.22. The third kappa shape index (κ3) is 5.34. The summed E-state index contributed by atoms with van der Waals surface area (Å²) in [6, 6.07) is 18.7. The van der Waals surface area contributed by atoms with Crippen molar-refractivity contribution in [3.05, 3.63) is 65.7 Å². The Hall–Kier alpha value is -1.88. The maximum atomic E-state index is 6.03. The number of rotatable bonds is 8. The van der Waals surface area contributed by atoms with E-state index in [1.54, 1.807) is 4.90 Å². The van der Waals surface area contributed by atoms with E-state index in [1.807, 2.05) is 24.3 Å². The van der Waals surface area contributed by atoms with Gasteiger partial charge in [-0.3, -0.25) is 0 Å². The minimum Gasteiger partial charge on any atom is -0.488 e. The largest absolute Gasteiger partial charge is 0.488 e. The van der Waals surface area contributed by atoms with Crippen LogP contribution < -0.4 is 15.0 Å². The second-order valence-corrected chi connectivity index (χ2v) is 6.28. The van der Waals surface area contributed by atoms with Crippen LogP contribution >= 0.6 is 0 Å². The van der Waals surface area contributed by atoms with Gasteiger partial charge >= 0.3 is 0 Å². The first-order valence-electron chi connectivity index (χ1n) is 8.89. The molecule has 1 aliphatic rings. The molecule has 1 heterocycles. The lowest BCUT2D eigenvalue weighted by molar-refractivity contribution is -0.920. The van der Waals surface area contributed by atoms with Gasteiger partial charge in [0, 0.05) is 5.56 Å². The van der Waals surface area contributed by atoms with E-state index in [9.17, 15) is 0 Å². The molecule has 0 atom stereocenters. The fraction of sp³-hybridized carbons (Fsp3) is 0.400. The van der Waals surface area contributed by atoms with Crippen molar-refractivity contribution in [3.8, 4) is 5.75 Å². The van der Waals surface area contributed by atoms with Crippen LogP contribution in [0.3, 0.4) is 0 Å². The van der Waals surface area contributed by atoms with Crippen molar-refractivity contribution in [2.75, 3.05) is 39.4 Å². The zero-order chi connectivity index (χ0) is 16.5. The molecule has 0 aliphatic carbocycles. The van der Waals surface area contributed by atoms with Gasteiger partial charge in [0.15, 0.2) is 0 Å². The first-order chi connectivity index (χ1) is 11.9. The Kier molecular flexibility index (Phi) is 6.66. The summed E-state index contributed by atoms with van der Waals surface area (Å²) < 4.78 is 11.4. The summed E-state index contributed by atoms with van der Waals surface area (Å²) >= 11 is 0. The van der Waals surface area contributed by atoms with Gasteiger partial charge in [-0.05, 0) is 17.7 Å². The predicted molar refractivity (Wildman–Crippen MR) is 94.1 cm³/mol. The standard InChI is InChI=1S/C20H26N2O2/c1-2-6-18(7-3-1)17-24-20-9-5-4-8-19(20)16-21-10-11-22-12-14-23-15-13-22/h1-9,21H,10-17H2/p+2. The molecule has 128 valence electrons. The minimum atomic E-state index is 0.621. The zero-order valence-corrected chi connectivity index (χ0v) is 14.2. The molecule has 3 N–H and O–H groups in total. The van der Waals surface area contributed by atoms with Gasteiger partial charge in [0.25, 0.3) is 0 Å². The second kappa shape index (κ2) is 9.42. The van der Waals surface area contributed by atoms with Crippen molar-refractivity contribution >= 4 is 0 Å². The molecule has 0 bridgehead atoms. The van der Waals surface area contributed by atoms with Gasteiger partial charge < -0.3 is 19.7 Å². The van der Waals surface area contributed by atoms with E-state index in [0.29, 0.717) is 6.61 Å². The molecule has 0 spiro atoms. The fourth-order valence-electron chi connectivity index (χ4n) is 3.02. The number of morpholine rings is 1. The quantitative estimate of drug-likeness (QED) is 0.682. The number of nitrogens with one attached hydrogen (secondary N) is 1. The average molecular weight is 328 g/mol. The van der Waals surface area contributed by atoms with Crippen LogP contribution in [0.15, 0.2) is 54.6 Å². The molecule has 4 nitrogen and oxygen atoms in total. The molecule has 0 unspecified atom stereocenters. The van der Waals surface area contributed by atoms with E-state index < -0.39 is 0 Å². The van der Waals surface area contributed by atoms with Crippen LogP contribution in [0.4, 0.5) is 0 Å². The monoisotopic (exact) mass is 328 g/mol. The molecular formula is C20H28N2O2+2. The van der Waals surface area contributed by atoms with E-state index in [4.69, 9.17) is 9.47 Å². The molecule has 1 saturated heterocycles. The highest BCUT2D eigenvalue weighted by Gasteiger charge is 2.14. The van der Waals surface area contributed by atoms with Crippen LogP contribution in [0.1, 0.15) is 11.1 Å². The highest BCUT2D eigenvalue weighted by molar-refractivity contribution is 5.32.